The Morgan fingerprint density at radius 1 is 0.833 bits per heavy atom. The number of nitrogens with one attached hydrogen (secondary N) is 2. The summed E-state index contributed by atoms with van der Waals surface area (Å²) in [4.78, 5) is 37.9. The van der Waals surface area contributed by atoms with Crippen molar-refractivity contribution >= 4 is 23.7 Å². The summed E-state index contributed by atoms with van der Waals surface area (Å²) in [5.41, 5.74) is 3.04. The van der Waals surface area contributed by atoms with Crippen LogP contribution >= 0.6 is 0 Å². The lowest BCUT2D eigenvalue weighted by atomic mass is 10.1. The molecular weight excluding hydrogens is 460 g/mol. The average Bonchev–Trinajstić information content (AvgIpc) is 2.90. The Labute approximate surface area is 210 Å². The SMILES string of the molecule is COc1ccc(C)cc1NC(=O)[C@H](CCC(=O)OCc1ccccc1)NC(=O)OCc1ccccc1. The van der Waals surface area contributed by atoms with E-state index < -0.39 is 24.0 Å². The number of carbonyl (C=O) groups excluding carboxylic acids is 3. The van der Waals surface area contributed by atoms with E-state index in [1.807, 2.05) is 73.7 Å². The maximum atomic E-state index is 13.1. The molecule has 0 bridgehead atoms. The summed E-state index contributed by atoms with van der Waals surface area (Å²) in [5, 5.41) is 5.34. The number of hydrogen-bond donors (Lipinski definition) is 2. The van der Waals surface area contributed by atoms with Crippen molar-refractivity contribution in [3.63, 3.8) is 0 Å². The molecule has 0 aliphatic carbocycles. The van der Waals surface area contributed by atoms with Crippen molar-refractivity contribution in [3.05, 3.63) is 95.6 Å². The van der Waals surface area contributed by atoms with Crippen molar-refractivity contribution < 1.29 is 28.6 Å². The van der Waals surface area contributed by atoms with Crippen LogP contribution in [-0.4, -0.2) is 31.1 Å². The number of alkyl carbamates (subject to hydrolysis) is 1. The lowest BCUT2D eigenvalue weighted by molar-refractivity contribution is -0.145. The normalized spacial score (nSPS) is 11.2. The fourth-order valence-corrected chi connectivity index (χ4v) is 3.39. The number of methoxy groups -OCH3 is 1. The van der Waals surface area contributed by atoms with Crippen molar-refractivity contribution in [3.8, 4) is 5.75 Å². The van der Waals surface area contributed by atoms with Crippen LogP contribution in [0.2, 0.25) is 0 Å². The van der Waals surface area contributed by atoms with E-state index in [-0.39, 0.29) is 26.1 Å². The number of carbonyl (C=O) groups is 3. The third-order valence-corrected chi connectivity index (χ3v) is 5.31. The fraction of sp³-hybridized carbons (Fsp3) is 0.250. The number of amides is 2. The van der Waals surface area contributed by atoms with Crippen LogP contribution in [0, 0.1) is 6.92 Å². The predicted octanol–water partition coefficient (Wildman–Crippen LogP) is 4.76. The molecule has 2 amide bonds. The van der Waals surface area contributed by atoms with Gasteiger partial charge in [0.25, 0.3) is 0 Å². The second kappa shape index (κ2) is 13.5. The number of benzene rings is 3. The lowest BCUT2D eigenvalue weighted by Crippen LogP contribution is -2.44. The summed E-state index contributed by atoms with van der Waals surface area (Å²) in [6.45, 7) is 2.06. The first kappa shape index (κ1) is 26.3. The van der Waals surface area contributed by atoms with Crippen molar-refractivity contribution in [1.29, 1.82) is 0 Å². The third-order valence-electron chi connectivity index (χ3n) is 5.31. The summed E-state index contributed by atoms with van der Waals surface area (Å²) >= 11 is 0. The molecule has 0 aromatic heterocycles. The van der Waals surface area contributed by atoms with E-state index in [1.54, 1.807) is 12.1 Å². The van der Waals surface area contributed by atoms with E-state index in [1.165, 1.54) is 7.11 Å². The van der Waals surface area contributed by atoms with Gasteiger partial charge in [0.2, 0.25) is 5.91 Å². The second-order valence-electron chi connectivity index (χ2n) is 8.14. The van der Waals surface area contributed by atoms with E-state index >= 15 is 0 Å². The van der Waals surface area contributed by atoms with E-state index in [2.05, 4.69) is 10.6 Å². The fourth-order valence-electron chi connectivity index (χ4n) is 3.39. The Bertz CT molecular complexity index is 1150. The lowest BCUT2D eigenvalue weighted by Gasteiger charge is -2.19. The summed E-state index contributed by atoms with van der Waals surface area (Å²) < 4.78 is 15.9. The van der Waals surface area contributed by atoms with Gasteiger partial charge in [0.1, 0.15) is 25.0 Å². The van der Waals surface area contributed by atoms with Gasteiger partial charge < -0.3 is 24.8 Å². The zero-order valence-electron chi connectivity index (χ0n) is 20.4. The van der Waals surface area contributed by atoms with Crippen LogP contribution in [0.3, 0.4) is 0 Å². The highest BCUT2D eigenvalue weighted by Gasteiger charge is 2.24. The highest BCUT2D eigenvalue weighted by molar-refractivity contribution is 5.98. The van der Waals surface area contributed by atoms with E-state index in [9.17, 15) is 14.4 Å². The first-order valence-corrected chi connectivity index (χ1v) is 11.6. The van der Waals surface area contributed by atoms with Crippen LogP contribution in [0.25, 0.3) is 0 Å². The van der Waals surface area contributed by atoms with Crippen LogP contribution in [0.4, 0.5) is 10.5 Å². The minimum Gasteiger partial charge on any atom is -0.495 e. The van der Waals surface area contributed by atoms with Gasteiger partial charge in [-0.15, -0.1) is 0 Å². The van der Waals surface area contributed by atoms with Crippen LogP contribution in [0.5, 0.6) is 5.75 Å². The standard InChI is InChI=1S/C28H30N2O6/c1-20-13-15-25(34-2)24(17-20)29-27(32)23(30-28(33)36-19-22-11-7-4-8-12-22)14-16-26(31)35-18-21-9-5-3-6-10-21/h3-13,15,17,23H,14,16,18-19H2,1-2H3,(H,29,32)(H,30,33)/t23-/m0/s1. The number of esters is 1. The quantitative estimate of drug-likeness (QED) is 0.376. The van der Waals surface area contributed by atoms with Crippen molar-refractivity contribution in [2.45, 2.75) is 39.0 Å². The Balaban J connectivity index is 1.62. The monoisotopic (exact) mass is 490 g/mol. The minimum atomic E-state index is -1.04. The second-order valence-corrected chi connectivity index (χ2v) is 8.14. The van der Waals surface area contributed by atoms with Gasteiger partial charge in [-0.2, -0.15) is 0 Å². The molecule has 0 spiro atoms. The molecule has 36 heavy (non-hydrogen) atoms. The third kappa shape index (κ3) is 8.47. The molecule has 0 saturated heterocycles. The van der Waals surface area contributed by atoms with Crippen molar-refractivity contribution in [2.24, 2.45) is 0 Å². The highest BCUT2D eigenvalue weighted by Crippen LogP contribution is 2.25. The molecule has 1 atom stereocenters. The molecule has 3 aromatic carbocycles. The largest absolute Gasteiger partial charge is 0.495 e. The molecule has 8 heteroatoms. The van der Waals surface area contributed by atoms with Crippen molar-refractivity contribution in [1.82, 2.24) is 5.32 Å². The van der Waals surface area contributed by atoms with Gasteiger partial charge in [-0.25, -0.2) is 4.79 Å². The van der Waals surface area contributed by atoms with Gasteiger partial charge in [0, 0.05) is 6.42 Å². The number of ether oxygens (including phenoxy) is 3. The topological polar surface area (TPSA) is 103 Å². The summed E-state index contributed by atoms with van der Waals surface area (Å²) in [7, 11) is 1.50. The molecule has 0 fully saturated rings. The number of aryl methyl sites for hydroxylation is 1. The van der Waals surface area contributed by atoms with Crippen LogP contribution < -0.4 is 15.4 Å². The van der Waals surface area contributed by atoms with E-state index in [0.29, 0.717) is 11.4 Å². The zero-order chi connectivity index (χ0) is 25.8. The molecule has 8 nitrogen and oxygen atoms in total. The molecule has 0 aliphatic heterocycles. The van der Waals surface area contributed by atoms with Crippen LogP contribution in [0.15, 0.2) is 78.9 Å². The molecular formula is C28H30N2O6. The summed E-state index contributed by atoms with van der Waals surface area (Å²) in [6.07, 6.45) is -0.823. The molecule has 0 unspecified atom stereocenters. The van der Waals surface area contributed by atoms with E-state index in [0.717, 1.165) is 16.7 Å². The van der Waals surface area contributed by atoms with Gasteiger partial charge in [-0.05, 0) is 42.2 Å². The van der Waals surface area contributed by atoms with Gasteiger partial charge >= 0.3 is 12.1 Å². The predicted molar refractivity (Wildman–Crippen MR) is 135 cm³/mol. The Kier molecular flexibility index (Phi) is 9.88. The zero-order valence-corrected chi connectivity index (χ0v) is 20.4. The maximum absolute atomic E-state index is 13.1. The molecule has 3 aromatic rings. The molecule has 2 N–H and O–H groups in total. The maximum Gasteiger partial charge on any atom is 0.408 e. The van der Waals surface area contributed by atoms with E-state index in [4.69, 9.17) is 14.2 Å². The summed E-state index contributed by atoms with van der Waals surface area (Å²) in [6, 6.07) is 22.8. The Morgan fingerprint density at radius 2 is 1.44 bits per heavy atom. The first-order chi connectivity index (χ1) is 17.4. The van der Waals surface area contributed by atoms with Gasteiger partial charge in [-0.1, -0.05) is 66.7 Å². The minimum absolute atomic E-state index is 0.0218. The molecule has 3 rings (SSSR count). The van der Waals surface area contributed by atoms with Gasteiger partial charge in [0.15, 0.2) is 0 Å². The number of rotatable bonds is 11. The Hall–Kier alpha value is -4.33. The first-order valence-electron chi connectivity index (χ1n) is 11.6. The summed E-state index contributed by atoms with van der Waals surface area (Å²) in [5.74, 6) is -0.516. The van der Waals surface area contributed by atoms with Crippen LogP contribution in [0.1, 0.15) is 29.5 Å². The number of hydrogen-bond acceptors (Lipinski definition) is 6. The highest BCUT2D eigenvalue weighted by atomic mass is 16.5. The smallest absolute Gasteiger partial charge is 0.408 e. The number of anilines is 1. The Morgan fingerprint density at radius 3 is 2.06 bits per heavy atom. The van der Waals surface area contributed by atoms with Gasteiger partial charge in [0.05, 0.1) is 12.8 Å². The molecule has 188 valence electrons. The average molecular weight is 491 g/mol. The van der Waals surface area contributed by atoms with Crippen molar-refractivity contribution in [2.75, 3.05) is 12.4 Å². The molecule has 0 radical (unpaired) electrons. The van der Waals surface area contributed by atoms with Crippen LogP contribution in [-0.2, 0) is 32.3 Å². The molecule has 0 aliphatic rings. The van der Waals surface area contributed by atoms with Gasteiger partial charge in [-0.3, -0.25) is 9.59 Å². The molecule has 0 saturated carbocycles. The molecule has 0 heterocycles.